The van der Waals surface area contributed by atoms with Crippen molar-refractivity contribution in [2.75, 3.05) is 0 Å². The van der Waals surface area contributed by atoms with Crippen LogP contribution in [0.4, 0.5) is 0 Å². The number of carbonyl (C=O) groups excluding carboxylic acids is 3. The van der Waals surface area contributed by atoms with Crippen molar-refractivity contribution in [3.8, 4) is 0 Å². The topological polar surface area (TPSA) is 135 Å². The van der Waals surface area contributed by atoms with Crippen LogP contribution in [0.15, 0.2) is 27.5 Å². The van der Waals surface area contributed by atoms with E-state index in [1.54, 1.807) is 6.20 Å². The van der Waals surface area contributed by atoms with Crippen molar-refractivity contribution in [3.05, 3.63) is 39.6 Å². The smallest absolute Gasteiger partial charge is 0.294 e. The lowest BCUT2D eigenvalue weighted by molar-refractivity contribution is -0.189. The van der Waals surface area contributed by atoms with Gasteiger partial charge in [0.1, 0.15) is 0 Å². The van der Waals surface area contributed by atoms with Crippen LogP contribution in [0.1, 0.15) is 97.8 Å². The molecule has 0 spiro atoms. The molecule has 40 heavy (non-hydrogen) atoms. The summed E-state index contributed by atoms with van der Waals surface area (Å²) in [5.41, 5.74) is 8.29. The molecule has 0 N–H and O–H groups in total. The Hall–Kier alpha value is -2.93. The second-order valence-corrected chi connectivity index (χ2v) is 15.0. The number of allylic oxidation sites excluding steroid dienone is 2. The molecule has 0 aromatic carbocycles. The molecule has 1 heterocycles. The summed E-state index contributed by atoms with van der Waals surface area (Å²) in [7, 11) is 0. The minimum absolute atomic E-state index is 0.0140. The Morgan fingerprint density at radius 1 is 1.15 bits per heavy atom. The van der Waals surface area contributed by atoms with Gasteiger partial charge in [-0.15, -0.1) is 0 Å². The number of nitrogens with zero attached hydrogens (tertiary/aromatic N) is 4. The molecular weight excluding hydrogens is 508 g/mol. The van der Waals surface area contributed by atoms with E-state index < -0.39 is 22.3 Å². The number of hydrogen-bond acceptors (Lipinski definition) is 6. The predicted octanol–water partition coefficient (Wildman–Crippen LogP) is 6.62. The number of ether oxygens (including phenoxy) is 1. The molecular formula is C31H40N4O5. The van der Waals surface area contributed by atoms with E-state index in [1.165, 1.54) is 0 Å². The van der Waals surface area contributed by atoms with E-state index in [0.717, 1.165) is 36.8 Å². The first kappa shape index (κ1) is 27.3. The van der Waals surface area contributed by atoms with E-state index in [2.05, 4.69) is 49.8 Å². The maximum absolute atomic E-state index is 14.5. The van der Waals surface area contributed by atoms with Crippen LogP contribution in [0.3, 0.4) is 0 Å². The monoisotopic (exact) mass is 548 g/mol. The quantitative estimate of drug-likeness (QED) is 0.180. The van der Waals surface area contributed by atoms with Crippen molar-refractivity contribution in [2.45, 2.75) is 98.5 Å². The summed E-state index contributed by atoms with van der Waals surface area (Å²) in [6.07, 6.45) is 9.48. The van der Waals surface area contributed by atoms with Crippen LogP contribution < -0.4 is 0 Å². The first-order valence-corrected chi connectivity index (χ1v) is 14.6. The molecule has 0 saturated heterocycles. The molecule has 0 radical (unpaired) electrons. The lowest BCUT2D eigenvalue weighted by Crippen LogP contribution is -2.66. The molecule has 3 saturated carbocycles. The Morgan fingerprint density at radius 3 is 2.58 bits per heavy atom. The fraction of sp³-hybridized carbons (Fsp3) is 0.742. The zero-order chi connectivity index (χ0) is 28.9. The predicted molar refractivity (Wildman–Crippen MR) is 145 cm³/mol. The molecule has 0 unspecified atom stereocenters. The molecule has 5 aliphatic rings. The van der Waals surface area contributed by atoms with Gasteiger partial charge in [-0.1, -0.05) is 45.3 Å². The van der Waals surface area contributed by atoms with Gasteiger partial charge in [0.05, 0.1) is 6.20 Å². The van der Waals surface area contributed by atoms with Crippen LogP contribution >= 0.6 is 0 Å². The largest absolute Gasteiger partial charge is 0.453 e. The highest BCUT2D eigenvalue weighted by molar-refractivity contribution is 5.96. The zero-order valence-electron chi connectivity index (χ0n) is 24.5. The summed E-state index contributed by atoms with van der Waals surface area (Å²) in [5.74, 6) is -0.316. The van der Waals surface area contributed by atoms with E-state index >= 15 is 0 Å². The minimum atomic E-state index is -0.986. The van der Waals surface area contributed by atoms with E-state index in [9.17, 15) is 19.9 Å². The highest BCUT2D eigenvalue weighted by Gasteiger charge is 2.71. The normalized spacial score (nSPS) is 44.8. The first-order valence-electron chi connectivity index (χ1n) is 14.6. The summed E-state index contributed by atoms with van der Waals surface area (Å²) in [6.45, 7) is 13.6. The second-order valence-electron chi connectivity index (χ2n) is 15.0. The number of carbonyl (C=O) groups is 3. The fourth-order valence-corrected chi connectivity index (χ4v) is 10.7. The van der Waals surface area contributed by atoms with Gasteiger partial charge in [-0.2, -0.15) is 0 Å². The molecule has 0 bridgehead atoms. The molecule has 9 heteroatoms. The fourth-order valence-electron chi connectivity index (χ4n) is 10.7. The first-order chi connectivity index (χ1) is 18.7. The number of rotatable bonds is 3. The zero-order valence-corrected chi connectivity index (χ0v) is 24.5. The van der Waals surface area contributed by atoms with Gasteiger partial charge in [-0.25, -0.2) is 0 Å². The molecule has 0 aliphatic heterocycles. The summed E-state index contributed by atoms with van der Waals surface area (Å²) < 4.78 is 11.5. The van der Waals surface area contributed by atoms with Crippen LogP contribution in [0.25, 0.3) is 10.4 Å². The second kappa shape index (κ2) is 8.31. The summed E-state index contributed by atoms with van der Waals surface area (Å²) >= 11 is 0. The van der Waals surface area contributed by atoms with E-state index in [4.69, 9.17) is 9.26 Å². The number of amides is 1. The van der Waals surface area contributed by atoms with E-state index in [0.29, 0.717) is 37.9 Å². The van der Waals surface area contributed by atoms with Gasteiger partial charge in [-0.3, -0.25) is 14.4 Å². The van der Waals surface area contributed by atoms with Crippen molar-refractivity contribution < 1.29 is 23.6 Å². The van der Waals surface area contributed by atoms with Crippen LogP contribution in [0, 0.1) is 44.8 Å². The summed E-state index contributed by atoms with van der Waals surface area (Å²) in [6, 6.07) is 0. The van der Waals surface area contributed by atoms with Crippen molar-refractivity contribution in [1.82, 2.24) is 5.16 Å². The van der Waals surface area contributed by atoms with Gasteiger partial charge in [0.25, 0.3) is 6.47 Å². The number of ketones is 1. The van der Waals surface area contributed by atoms with Gasteiger partial charge in [-0.05, 0) is 97.2 Å². The van der Waals surface area contributed by atoms with Crippen LogP contribution in [0.2, 0.25) is 0 Å². The molecule has 8 atom stereocenters. The lowest BCUT2D eigenvalue weighted by Gasteiger charge is -2.69. The molecule has 1 aromatic rings. The third-order valence-electron chi connectivity index (χ3n) is 12.8. The van der Waals surface area contributed by atoms with E-state index in [1.807, 2.05) is 13.0 Å². The van der Waals surface area contributed by atoms with Gasteiger partial charge < -0.3 is 9.26 Å². The number of hydrogen-bond donors (Lipinski definition) is 0. The molecule has 214 valence electrons. The molecule has 5 aliphatic carbocycles. The van der Waals surface area contributed by atoms with Crippen LogP contribution in [-0.4, -0.2) is 23.3 Å². The molecule has 1 aromatic heterocycles. The summed E-state index contributed by atoms with van der Waals surface area (Å²) in [5, 5.41) is 7.69. The van der Waals surface area contributed by atoms with Crippen molar-refractivity contribution in [2.24, 2.45) is 49.9 Å². The highest BCUT2D eigenvalue weighted by atomic mass is 16.6. The Balaban J connectivity index is 1.51. The Morgan fingerprint density at radius 2 is 1.88 bits per heavy atom. The van der Waals surface area contributed by atoms with Gasteiger partial charge in [0, 0.05) is 33.1 Å². The Labute approximate surface area is 235 Å². The third kappa shape index (κ3) is 3.18. The van der Waals surface area contributed by atoms with Crippen molar-refractivity contribution in [3.63, 3.8) is 0 Å². The number of fused-ring (bicyclic) bond motifs is 8. The Kier molecular flexibility index (Phi) is 5.66. The molecule has 1 amide bonds. The molecule has 9 nitrogen and oxygen atoms in total. The van der Waals surface area contributed by atoms with Gasteiger partial charge >= 0.3 is 0 Å². The van der Waals surface area contributed by atoms with Crippen molar-refractivity contribution >= 4 is 18.2 Å². The summed E-state index contributed by atoms with van der Waals surface area (Å²) in [4.78, 5) is 42.6. The SMILES string of the molecule is CC1(C)CC[C@]2(C(=O)N=[N+]=[N-])CC[C@]3(C)[C@H](C(=O)C=C4[C@@]5(C)Cc6cnoc6[C@@](C)(OC=O)[C@@H]5CC[C@]43C)[C@@H]2C1. The van der Waals surface area contributed by atoms with Crippen LogP contribution in [-0.2, 0) is 31.1 Å². The third-order valence-corrected chi connectivity index (χ3v) is 12.8. The maximum atomic E-state index is 14.5. The standard InChI is InChI=1S/C31H40N4O5/c1-26(2)9-11-31(25(38)34-35-32)12-10-29(5)23(19(31)15-26)20(37)13-22-27(3)14-18-16-33-40-24(18)30(6,39-17-36)21(27)7-8-28(22,29)4/h13,16-17,19,21,23H,7-12,14-15H2,1-6H3/t19-,21+,23-,27-,28+,29+,30-,31-/m0/s1. The lowest BCUT2D eigenvalue weighted by atomic mass is 9.34. The van der Waals surface area contributed by atoms with Gasteiger partial charge in [0.15, 0.2) is 17.1 Å². The average Bonchev–Trinajstić information content (AvgIpc) is 3.34. The Bertz CT molecular complexity index is 1390. The molecule has 3 fully saturated rings. The van der Waals surface area contributed by atoms with E-state index in [-0.39, 0.29) is 39.8 Å². The van der Waals surface area contributed by atoms with Crippen molar-refractivity contribution in [1.29, 1.82) is 0 Å². The maximum Gasteiger partial charge on any atom is 0.294 e. The van der Waals surface area contributed by atoms with Crippen LogP contribution in [0.5, 0.6) is 0 Å². The number of aromatic nitrogens is 1. The average molecular weight is 549 g/mol. The highest BCUT2D eigenvalue weighted by Crippen LogP contribution is 2.75. The minimum Gasteiger partial charge on any atom is -0.453 e. The number of azide groups is 1. The molecule has 6 rings (SSSR count). The van der Waals surface area contributed by atoms with Gasteiger partial charge in [0.2, 0.25) is 5.91 Å².